The fourth-order valence-electron chi connectivity index (χ4n) is 7.36. The van der Waals surface area contributed by atoms with Crippen LogP contribution in [0.4, 0.5) is 9.59 Å². The van der Waals surface area contributed by atoms with Gasteiger partial charge in [-0.2, -0.15) is 13.9 Å². The lowest BCUT2D eigenvalue weighted by Gasteiger charge is -2.35. The van der Waals surface area contributed by atoms with E-state index in [1.165, 1.54) is 54.8 Å². The second kappa shape index (κ2) is 23.4. The quantitative estimate of drug-likeness (QED) is 0.127. The standard InChI is InChI=1S/C27H34N4O6S.C23H27ClN2O7S/c1-19-15-20(2)17-22(16-19)36-23-8-7-21(25(32)29-10-6-9-28)18-24(23)38(34,35)31-13-11-30(12-14-31)26(33)37-27(3,4)5;1-15-11-17(24)14-18(12-15)32-19-6-5-16(21(27)28)13-20(19)34(30,31)26-9-7-25(8-10-26)22(29)33-23(2,3)4/h7-8,15-18H,6,10-14H2,1-5H3,(H,29,32);5-6,11-14H,7-10H2,1-4H3,(H,27,28). The molecule has 4 aromatic rings. The first-order chi connectivity index (χ1) is 33.6. The molecular formula is C50H61ClN6O13S2. The number of carbonyl (C=O) groups excluding carboxylic acids is 3. The van der Waals surface area contributed by atoms with E-state index in [1.54, 1.807) is 65.8 Å². The molecule has 2 saturated heterocycles. The average molecular weight is 1050 g/mol. The van der Waals surface area contributed by atoms with Crippen molar-refractivity contribution in [3.8, 4) is 29.1 Å². The van der Waals surface area contributed by atoms with Crippen molar-refractivity contribution >= 4 is 55.7 Å². The van der Waals surface area contributed by atoms with Gasteiger partial charge in [-0.05, 0) is 146 Å². The van der Waals surface area contributed by atoms with Crippen LogP contribution in [0.5, 0.6) is 23.0 Å². The summed E-state index contributed by atoms with van der Waals surface area (Å²) in [7, 11) is -8.24. The number of carboxylic acids is 1. The largest absolute Gasteiger partial charge is 0.478 e. The number of nitriles is 1. The van der Waals surface area contributed by atoms with Crippen LogP contribution in [-0.4, -0.2) is 135 Å². The van der Waals surface area contributed by atoms with E-state index in [2.05, 4.69) is 5.32 Å². The number of piperazine rings is 2. The van der Waals surface area contributed by atoms with Gasteiger partial charge in [0.1, 0.15) is 44.0 Å². The number of amides is 3. The van der Waals surface area contributed by atoms with Crippen LogP contribution in [-0.2, 0) is 29.5 Å². The van der Waals surface area contributed by atoms with Gasteiger partial charge in [0.25, 0.3) is 5.91 Å². The number of benzene rings is 4. The molecule has 4 aromatic carbocycles. The highest BCUT2D eigenvalue weighted by Crippen LogP contribution is 2.36. The maximum atomic E-state index is 13.8. The van der Waals surface area contributed by atoms with Crippen LogP contribution in [0.1, 0.15) is 85.4 Å². The van der Waals surface area contributed by atoms with Crippen LogP contribution < -0.4 is 14.8 Å². The van der Waals surface area contributed by atoms with Crippen molar-refractivity contribution < 1.29 is 60.1 Å². The number of nitrogens with one attached hydrogen (secondary N) is 1. The van der Waals surface area contributed by atoms with Crippen molar-refractivity contribution in [3.05, 3.63) is 106 Å². The molecule has 2 aliphatic heterocycles. The molecule has 19 nitrogen and oxygen atoms in total. The zero-order chi connectivity index (χ0) is 53.3. The molecule has 22 heteroatoms. The number of carboxylic acid groups (broad SMARTS) is 1. The molecule has 2 heterocycles. The van der Waals surface area contributed by atoms with Crippen molar-refractivity contribution in [2.45, 2.75) is 89.7 Å². The SMILES string of the molecule is Cc1cc(C)cc(Oc2ccc(C(=O)NCCC#N)cc2S(=O)(=O)N2CCN(C(=O)OC(C)(C)C)CC2)c1.Cc1cc(Cl)cc(Oc2ccc(C(=O)O)cc2S(=O)(=O)N2CCN(C(=O)OC(C)(C)C)CC2)c1. The Labute approximate surface area is 426 Å². The first-order valence-electron chi connectivity index (χ1n) is 22.9. The monoisotopic (exact) mass is 1050 g/mol. The number of hydrogen-bond donors (Lipinski definition) is 2. The van der Waals surface area contributed by atoms with E-state index >= 15 is 0 Å². The van der Waals surface area contributed by atoms with Gasteiger partial charge in [0.15, 0.2) is 0 Å². The number of aryl methyl sites for hydroxylation is 3. The Morgan fingerprint density at radius 1 is 0.625 bits per heavy atom. The van der Waals surface area contributed by atoms with Crippen molar-refractivity contribution in [2.75, 3.05) is 58.9 Å². The third-order valence-electron chi connectivity index (χ3n) is 10.6. The first kappa shape index (κ1) is 56.5. The van der Waals surface area contributed by atoms with Gasteiger partial charge in [0, 0.05) is 69.5 Å². The molecule has 0 atom stereocenters. The summed E-state index contributed by atoms with van der Waals surface area (Å²) in [5.74, 6) is -0.917. The minimum atomic E-state index is -4.14. The summed E-state index contributed by atoms with van der Waals surface area (Å²) in [6.45, 7) is 17.1. The van der Waals surface area contributed by atoms with Gasteiger partial charge in [-0.3, -0.25) is 4.79 Å². The van der Waals surface area contributed by atoms with Gasteiger partial charge in [-0.15, -0.1) is 0 Å². The third-order valence-corrected chi connectivity index (χ3v) is 14.7. The molecule has 0 aliphatic carbocycles. The number of carbonyl (C=O) groups is 4. The topological polar surface area (TPSA) is 242 Å². The number of ether oxygens (including phenoxy) is 4. The molecule has 2 fully saturated rings. The predicted molar refractivity (Wildman–Crippen MR) is 268 cm³/mol. The molecule has 2 aliphatic rings. The highest BCUT2D eigenvalue weighted by molar-refractivity contribution is 7.89. The zero-order valence-corrected chi connectivity index (χ0v) is 44.2. The molecular weight excluding hydrogens is 992 g/mol. The van der Waals surface area contributed by atoms with Crippen molar-refractivity contribution in [3.63, 3.8) is 0 Å². The molecule has 72 heavy (non-hydrogen) atoms. The minimum absolute atomic E-state index is 0.0224. The Balaban J connectivity index is 0.000000269. The normalized spacial score (nSPS) is 14.8. The van der Waals surface area contributed by atoms with Gasteiger partial charge in [0.2, 0.25) is 20.0 Å². The van der Waals surface area contributed by atoms with Crippen molar-refractivity contribution in [1.29, 1.82) is 5.26 Å². The highest BCUT2D eigenvalue weighted by Gasteiger charge is 2.36. The maximum Gasteiger partial charge on any atom is 0.410 e. The average Bonchev–Trinajstić information content (AvgIpc) is 3.27. The second-order valence-electron chi connectivity index (χ2n) is 19.0. The number of nitrogens with zero attached hydrogens (tertiary/aromatic N) is 5. The summed E-state index contributed by atoms with van der Waals surface area (Å²) in [5.41, 5.74) is 1.33. The van der Waals surface area contributed by atoms with E-state index in [1.807, 2.05) is 32.9 Å². The number of sulfonamides is 2. The number of hydrogen-bond acceptors (Lipinski definition) is 13. The summed E-state index contributed by atoms with van der Waals surface area (Å²) in [5, 5.41) is 21.2. The third kappa shape index (κ3) is 15.5. The lowest BCUT2D eigenvalue weighted by molar-refractivity contribution is 0.0183. The summed E-state index contributed by atoms with van der Waals surface area (Å²) in [6.07, 6.45) is -0.880. The molecule has 0 bridgehead atoms. The van der Waals surface area contributed by atoms with Gasteiger partial charge in [-0.1, -0.05) is 17.7 Å². The lowest BCUT2D eigenvalue weighted by Crippen LogP contribution is -2.51. The fourth-order valence-corrected chi connectivity index (χ4v) is 10.8. The minimum Gasteiger partial charge on any atom is -0.478 e. The number of aromatic carboxylic acids is 1. The van der Waals surface area contributed by atoms with Gasteiger partial charge >= 0.3 is 18.2 Å². The molecule has 6 rings (SSSR count). The maximum absolute atomic E-state index is 13.8. The Morgan fingerprint density at radius 2 is 1.03 bits per heavy atom. The fraction of sp³-hybridized carbons (Fsp3) is 0.420. The van der Waals surface area contributed by atoms with Crippen LogP contribution >= 0.6 is 11.6 Å². The molecule has 0 saturated carbocycles. The molecule has 0 radical (unpaired) electrons. The van der Waals surface area contributed by atoms with Gasteiger partial charge < -0.3 is 39.2 Å². The summed E-state index contributed by atoms with van der Waals surface area (Å²) in [4.78, 5) is 51.4. The van der Waals surface area contributed by atoms with Crippen LogP contribution in [0.25, 0.3) is 0 Å². The van der Waals surface area contributed by atoms with Crippen LogP contribution in [0, 0.1) is 32.1 Å². The van der Waals surface area contributed by atoms with Crippen LogP contribution in [0.15, 0.2) is 82.6 Å². The van der Waals surface area contributed by atoms with E-state index in [4.69, 9.17) is 35.8 Å². The van der Waals surface area contributed by atoms with E-state index < -0.39 is 55.3 Å². The van der Waals surface area contributed by atoms with Crippen LogP contribution in [0.3, 0.4) is 0 Å². The molecule has 3 amide bonds. The summed E-state index contributed by atoms with van der Waals surface area (Å²) < 4.78 is 79.7. The number of halogens is 1. The molecule has 388 valence electrons. The first-order valence-corrected chi connectivity index (χ1v) is 26.2. The smallest absolute Gasteiger partial charge is 0.410 e. The highest BCUT2D eigenvalue weighted by atomic mass is 35.5. The van der Waals surface area contributed by atoms with Crippen molar-refractivity contribution in [1.82, 2.24) is 23.7 Å². The van der Waals surface area contributed by atoms with E-state index in [0.717, 1.165) is 22.8 Å². The van der Waals surface area contributed by atoms with E-state index in [9.17, 15) is 41.1 Å². The van der Waals surface area contributed by atoms with Gasteiger partial charge in [-0.25, -0.2) is 31.2 Å². The Morgan fingerprint density at radius 3 is 1.43 bits per heavy atom. The van der Waals surface area contributed by atoms with Gasteiger partial charge in [0.05, 0.1) is 18.1 Å². The molecule has 2 N–H and O–H groups in total. The Bertz CT molecular complexity index is 2890. The lowest BCUT2D eigenvalue weighted by atomic mass is 10.1. The van der Waals surface area contributed by atoms with Crippen molar-refractivity contribution in [2.24, 2.45) is 0 Å². The van der Waals surface area contributed by atoms with E-state index in [0.29, 0.717) is 16.5 Å². The summed E-state index contributed by atoms with van der Waals surface area (Å²) in [6, 6.07) is 20.4. The zero-order valence-electron chi connectivity index (χ0n) is 41.8. The molecule has 0 unspecified atom stereocenters. The molecule has 0 spiro atoms. The Kier molecular flexibility index (Phi) is 18.4. The molecule has 0 aromatic heterocycles. The Hall–Kier alpha value is -6.44. The van der Waals surface area contributed by atoms with Crippen LogP contribution in [0.2, 0.25) is 5.02 Å². The van der Waals surface area contributed by atoms with E-state index in [-0.39, 0.29) is 97.7 Å². The summed E-state index contributed by atoms with van der Waals surface area (Å²) >= 11 is 6.09. The number of rotatable bonds is 12. The second-order valence-corrected chi connectivity index (χ2v) is 23.3. The predicted octanol–water partition coefficient (Wildman–Crippen LogP) is 8.36.